The topological polar surface area (TPSA) is 99.8 Å². The Hall–Kier alpha value is -3.35. The zero-order valence-corrected chi connectivity index (χ0v) is 16.9. The number of benzene rings is 2. The number of carbonyl (C=O) groups excluding carboxylic acids is 2. The molecule has 1 aliphatic heterocycles. The van der Waals surface area contributed by atoms with E-state index in [4.69, 9.17) is 5.73 Å². The maximum Gasteiger partial charge on any atom is 0.271 e. The number of primary amides is 1. The van der Waals surface area contributed by atoms with Gasteiger partial charge < -0.3 is 16.4 Å². The molecule has 0 spiro atoms. The van der Waals surface area contributed by atoms with E-state index in [0.717, 1.165) is 23.8 Å². The molecule has 0 saturated heterocycles. The lowest BCUT2D eigenvalue weighted by Crippen LogP contribution is -2.39. The molecule has 1 unspecified atom stereocenters. The standard InChI is InChI=1S/C23H27N5O2/c24-22(29)21-14-20(27-28(21)19-8-2-1-3-9-19)23(30)26-18-12-10-17(11-13-18)25-15-16-6-4-5-7-16/h1-3,8-13,16,21,25H,4-7,14-15H2,(H2,24,29)(H,26,30). The zero-order valence-electron chi connectivity index (χ0n) is 16.9. The smallest absolute Gasteiger partial charge is 0.271 e. The van der Waals surface area contributed by atoms with E-state index in [2.05, 4.69) is 15.7 Å². The summed E-state index contributed by atoms with van der Waals surface area (Å²) >= 11 is 0. The molecule has 156 valence electrons. The molecule has 0 bridgehead atoms. The number of nitrogens with two attached hydrogens (primary N) is 1. The summed E-state index contributed by atoms with van der Waals surface area (Å²) in [7, 11) is 0. The van der Waals surface area contributed by atoms with Crippen LogP contribution in [0.15, 0.2) is 59.7 Å². The highest BCUT2D eigenvalue weighted by molar-refractivity contribution is 6.44. The van der Waals surface area contributed by atoms with Gasteiger partial charge in [-0.2, -0.15) is 5.10 Å². The Morgan fingerprint density at radius 3 is 2.33 bits per heavy atom. The summed E-state index contributed by atoms with van der Waals surface area (Å²) in [6.45, 7) is 0.992. The minimum atomic E-state index is -0.671. The van der Waals surface area contributed by atoms with Crippen LogP contribution in [-0.2, 0) is 9.59 Å². The Balaban J connectivity index is 1.38. The molecule has 1 aliphatic carbocycles. The number of amides is 2. The van der Waals surface area contributed by atoms with Crippen LogP contribution in [0.5, 0.6) is 0 Å². The third-order valence-corrected chi connectivity index (χ3v) is 5.73. The Bertz CT molecular complexity index is 920. The van der Waals surface area contributed by atoms with E-state index in [-0.39, 0.29) is 18.0 Å². The molecule has 1 saturated carbocycles. The molecule has 2 aromatic rings. The number of hydrogen-bond acceptors (Lipinski definition) is 5. The molecule has 1 atom stereocenters. The summed E-state index contributed by atoms with van der Waals surface area (Å²) in [4.78, 5) is 24.6. The summed E-state index contributed by atoms with van der Waals surface area (Å²) in [5.41, 5.74) is 8.27. The number of anilines is 3. The Morgan fingerprint density at radius 1 is 1.00 bits per heavy atom. The van der Waals surface area contributed by atoms with Crippen molar-refractivity contribution in [3.8, 4) is 0 Å². The molecular formula is C23H27N5O2. The summed E-state index contributed by atoms with van der Waals surface area (Å²) in [5, 5.41) is 12.2. The molecule has 2 aromatic carbocycles. The third-order valence-electron chi connectivity index (χ3n) is 5.73. The highest BCUT2D eigenvalue weighted by Gasteiger charge is 2.34. The van der Waals surface area contributed by atoms with Crippen LogP contribution in [-0.4, -0.2) is 30.1 Å². The Morgan fingerprint density at radius 2 is 1.67 bits per heavy atom. The van der Waals surface area contributed by atoms with Crippen molar-refractivity contribution in [3.05, 3.63) is 54.6 Å². The lowest BCUT2D eigenvalue weighted by atomic mass is 10.1. The molecule has 7 nitrogen and oxygen atoms in total. The van der Waals surface area contributed by atoms with Crippen molar-refractivity contribution in [2.24, 2.45) is 16.8 Å². The average Bonchev–Trinajstić information content (AvgIpc) is 3.44. The number of rotatable bonds is 7. The normalized spacial score (nSPS) is 18.9. The van der Waals surface area contributed by atoms with E-state index in [1.54, 1.807) is 0 Å². The van der Waals surface area contributed by atoms with Gasteiger partial charge in [0.25, 0.3) is 5.91 Å². The van der Waals surface area contributed by atoms with Gasteiger partial charge in [0, 0.05) is 24.3 Å². The third kappa shape index (κ3) is 4.62. The maximum absolute atomic E-state index is 12.7. The lowest BCUT2D eigenvalue weighted by Gasteiger charge is -2.20. The number of nitrogens with zero attached hydrogens (tertiary/aromatic N) is 2. The van der Waals surface area contributed by atoms with Gasteiger partial charge in [0.2, 0.25) is 5.91 Å². The monoisotopic (exact) mass is 405 g/mol. The first-order valence-corrected chi connectivity index (χ1v) is 10.5. The quantitative estimate of drug-likeness (QED) is 0.658. The predicted octanol–water partition coefficient (Wildman–Crippen LogP) is 3.35. The summed E-state index contributed by atoms with van der Waals surface area (Å²) in [6, 6.07) is 16.2. The van der Waals surface area contributed by atoms with Gasteiger partial charge in [-0.1, -0.05) is 31.0 Å². The van der Waals surface area contributed by atoms with Gasteiger partial charge in [0.15, 0.2) is 0 Å². The van der Waals surface area contributed by atoms with Crippen molar-refractivity contribution in [2.45, 2.75) is 38.1 Å². The minimum Gasteiger partial charge on any atom is -0.385 e. The first-order chi connectivity index (χ1) is 14.6. The molecule has 2 amide bonds. The SMILES string of the molecule is NC(=O)C1CC(C(=O)Nc2ccc(NCC3CCCC3)cc2)=NN1c1ccccc1. The highest BCUT2D eigenvalue weighted by Crippen LogP contribution is 2.26. The second kappa shape index (κ2) is 8.98. The fraction of sp³-hybridized carbons (Fsp3) is 0.348. The van der Waals surface area contributed by atoms with Gasteiger partial charge in [-0.25, -0.2) is 0 Å². The maximum atomic E-state index is 12.7. The van der Waals surface area contributed by atoms with Gasteiger partial charge in [-0.3, -0.25) is 14.6 Å². The van der Waals surface area contributed by atoms with Crippen molar-refractivity contribution in [1.82, 2.24) is 0 Å². The molecule has 2 aliphatic rings. The molecule has 4 N–H and O–H groups in total. The Labute approximate surface area is 176 Å². The second-order valence-corrected chi connectivity index (χ2v) is 7.91. The van der Waals surface area contributed by atoms with E-state index >= 15 is 0 Å². The van der Waals surface area contributed by atoms with Gasteiger partial charge in [0.1, 0.15) is 11.8 Å². The van der Waals surface area contributed by atoms with Crippen LogP contribution in [0.25, 0.3) is 0 Å². The van der Waals surface area contributed by atoms with E-state index in [1.165, 1.54) is 30.7 Å². The van der Waals surface area contributed by atoms with Crippen LogP contribution in [0.1, 0.15) is 32.1 Å². The van der Waals surface area contributed by atoms with Crippen molar-refractivity contribution < 1.29 is 9.59 Å². The molecule has 1 heterocycles. The summed E-state index contributed by atoms with van der Waals surface area (Å²) in [5.74, 6) is -0.0787. The fourth-order valence-electron chi connectivity index (χ4n) is 4.04. The van der Waals surface area contributed by atoms with Gasteiger partial charge in [-0.05, 0) is 55.2 Å². The number of hydrogen-bond donors (Lipinski definition) is 3. The lowest BCUT2D eigenvalue weighted by molar-refractivity contribution is -0.119. The van der Waals surface area contributed by atoms with Crippen molar-refractivity contribution in [3.63, 3.8) is 0 Å². The minimum absolute atomic E-state index is 0.178. The highest BCUT2D eigenvalue weighted by atomic mass is 16.2. The fourth-order valence-corrected chi connectivity index (χ4v) is 4.04. The van der Waals surface area contributed by atoms with E-state index < -0.39 is 11.9 Å². The van der Waals surface area contributed by atoms with Crippen LogP contribution in [0.2, 0.25) is 0 Å². The van der Waals surface area contributed by atoms with E-state index in [1.807, 2.05) is 54.6 Å². The molecular weight excluding hydrogens is 378 g/mol. The number of hydrazone groups is 1. The molecule has 0 aromatic heterocycles. The zero-order chi connectivity index (χ0) is 20.9. The number of carbonyl (C=O) groups is 2. The van der Waals surface area contributed by atoms with Crippen LogP contribution in [0, 0.1) is 5.92 Å². The van der Waals surface area contributed by atoms with Crippen molar-refractivity contribution in [2.75, 3.05) is 22.2 Å². The van der Waals surface area contributed by atoms with Crippen molar-refractivity contribution in [1.29, 1.82) is 0 Å². The summed E-state index contributed by atoms with van der Waals surface area (Å²) < 4.78 is 0. The van der Waals surface area contributed by atoms with E-state index in [0.29, 0.717) is 5.69 Å². The average molecular weight is 406 g/mol. The second-order valence-electron chi connectivity index (χ2n) is 7.91. The largest absolute Gasteiger partial charge is 0.385 e. The predicted molar refractivity (Wildman–Crippen MR) is 119 cm³/mol. The van der Waals surface area contributed by atoms with Crippen LogP contribution in [0.3, 0.4) is 0 Å². The summed E-state index contributed by atoms with van der Waals surface area (Å²) in [6.07, 6.45) is 5.45. The number of nitrogens with one attached hydrogen (secondary N) is 2. The first kappa shape index (κ1) is 19.9. The van der Waals surface area contributed by atoms with Crippen LogP contribution < -0.4 is 21.4 Å². The molecule has 30 heavy (non-hydrogen) atoms. The molecule has 7 heteroatoms. The van der Waals surface area contributed by atoms with Gasteiger partial charge in [0.05, 0.1) is 5.69 Å². The van der Waals surface area contributed by atoms with Crippen LogP contribution >= 0.6 is 0 Å². The van der Waals surface area contributed by atoms with Crippen LogP contribution in [0.4, 0.5) is 17.1 Å². The molecule has 4 rings (SSSR count). The van der Waals surface area contributed by atoms with Gasteiger partial charge >= 0.3 is 0 Å². The van der Waals surface area contributed by atoms with E-state index in [9.17, 15) is 9.59 Å². The molecule has 0 radical (unpaired) electrons. The first-order valence-electron chi connectivity index (χ1n) is 10.5. The molecule has 1 fully saturated rings. The van der Waals surface area contributed by atoms with Crippen molar-refractivity contribution >= 4 is 34.6 Å². The van der Waals surface area contributed by atoms with Gasteiger partial charge in [-0.15, -0.1) is 0 Å². The number of para-hydroxylation sites is 1. The Kier molecular flexibility index (Phi) is 5.97.